The quantitative estimate of drug-likeness (QED) is 0.825. The molecule has 1 fully saturated rings. The Morgan fingerprint density at radius 2 is 2.10 bits per heavy atom. The van der Waals surface area contributed by atoms with Crippen LogP contribution in [0.5, 0.6) is 5.75 Å². The highest BCUT2D eigenvalue weighted by molar-refractivity contribution is 9.10. The number of carbonyl (C=O) groups excluding carboxylic acids is 1. The van der Waals surface area contributed by atoms with Crippen LogP contribution in [0, 0.1) is 0 Å². The summed E-state index contributed by atoms with van der Waals surface area (Å²) in [7, 11) is 0. The van der Waals surface area contributed by atoms with Crippen LogP contribution in [0.1, 0.15) is 39.2 Å². The van der Waals surface area contributed by atoms with Crippen LogP contribution in [0.2, 0.25) is 0 Å². The van der Waals surface area contributed by atoms with Crippen molar-refractivity contribution in [3.63, 3.8) is 0 Å². The predicted octanol–water partition coefficient (Wildman–Crippen LogP) is 2.99. The van der Waals surface area contributed by atoms with Crippen LogP contribution in [0.4, 0.5) is 0 Å². The van der Waals surface area contributed by atoms with E-state index in [1.54, 1.807) is 0 Å². The Bertz CT molecular complexity index is 507. The minimum atomic E-state index is -0.0529. The summed E-state index contributed by atoms with van der Waals surface area (Å²) in [5.74, 6) is 0.642. The molecule has 1 aromatic rings. The molecular formula is C16H23BrN2O2. The van der Waals surface area contributed by atoms with Crippen molar-refractivity contribution in [2.45, 2.75) is 51.7 Å². The first kappa shape index (κ1) is 16.3. The molecule has 0 unspecified atom stereocenters. The Hall–Kier alpha value is -1.07. The Kier molecular flexibility index (Phi) is 5.27. The van der Waals surface area contributed by atoms with Crippen LogP contribution >= 0.6 is 15.9 Å². The maximum Gasteiger partial charge on any atom is 0.258 e. The number of rotatable bonds is 6. The first-order valence-electron chi connectivity index (χ1n) is 7.29. The second-order valence-electron chi connectivity index (χ2n) is 6.50. The van der Waals surface area contributed by atoms with Crippen LogP contribution in [-0.2, 0) is 11.3 Å². The molecule has 0 bridgehead atoms. The number of hydrogen-bond acceptors (Lipinski definition) is 3. The summed E-state index contributed by atoms with van der Waals surface area (Å²) in [6.07, 6.45) is 2.18. The molecule has 0 radical (unpaired) electrons. The molecule has 21 heavy (non-hydrogen) atoms. The molecule has 116 valence electrons. The third-order valence-electron chi connectivity index (χ3n) is 3.12. The van der Waals surface area contributed by atoms with E-state index in [1.165, 1.54) is 5.56 Å². The molecule has 5 heteroatoms. The van der Waals surface area contributed by atoms with Crippen LogP contribution in [0.25, 0.3) is 0 Å². The molecule has 4 nitrogen and oxygen atoms in total. The van der Waals surface area contributed by atoms with Crippen LogP contribution in [0.15, 0.2) is 22.7 Å². The summed E-state index contributed by atoms with van der Waals surface area (Å²) in [5.41, 5.74) is 1.26. The Balaban J connectivity index is 1.84. The van der Waals surface area contributed by atoms with Gasteiger partial charge >= 0.3 is 0 Å². The lowest BCUT2D eigenvalue weighted by molar-refractivity contribution is -0.123. The van der Waals surface area contributed by atoms with Gasteiger partial charge in [-0.05, 0) is 67.2 Å². The predicted molar refractivity (Wildman–Crippen MR) is 87.4 cm³/mol. The highest BCUT2D eigenvalue weighted by Crippen LogP contribution is 2.26. The van der Waals surface area contributed by atoms with Gasteiger partial charge in [0.05, 0.1) is 4.47 Å². The molecule has 0 saturated heterocycles. The monoisotopic (exact) mass is 354 g/mol. The second-order valence-corrected chi connectivity index (χ2v) is 7.35. The lowest BCUT2D eigenvalue weighted by Gasteiger charge is -2.20. The standard InChI is InChI=1S/C16H23BrN2O2/c1-16(2,3)18-9-11-4-7-14(13(17)8-11)21-10-15(20)19-12-5-6-12/h4,7-8,12,18H,5-6,9-10H2,1-3H3,(H,19,20). The molecule has 1 aromatic carbocycles. The average Bonchev–Trinajstić information content (AvgIpc) is 3.18. The van der Waals surface area contributed by atoms with E-state index in [2.05, 4.69) is 47.3 Å². The summed E-state index contributed by atoms with van der Waals surface area (Å²) in [4.78, 5) is 11.6. The van der Waals surface area contributed by atoms with Crippen molar-refractivity contribution < 1.29 is 9.53 Å². The fourth-order valence-corrected chi connectivity index (χ4v) is 2.32. The van der Waals surface area contributed by atoms with Crippen LogP contribution < -0.4 is 15.4 Å². The number of hydrogen-bond donors (Lipinski definition) is 2. The van der Waals surface area contributed by atoms with E-state index >= 15 is 0 Å². The summed E-state index contributed by atoms with van der Waals surface area (Å²) < 4.78 is 6.42. The molecule has 0 heterocycles. The highest BCUT2D eigenvalue weighted by atomic mass is 79.9. The number of amides is 1. The second kappa shape index (κ2) is 6.79. The zero-order valence-corrected chi connectivity index (χ0v) is 14.4. The van der Waals surface area contributed by atoms with E-state index in [0.717, 1.165) is 23.9 Å². The van der Waals surface area contributed by atoms with Gasteiger partial charge in [0.25, 0.3) is 5.91 Å². The van der Waals surface area contributed by atoms with Crippen LogP contribution in [0.3, 0.4) is 0 Å². The van der Waals surface area contributed by atoms with Crippen molar-refractivity contribution in [3.05, 3.63) is 28.2 Å². The fraction of sp³-hybridized carbons (Fsp3) is 0.562. The summed E-state index contributed by atoms with van der Waals surface area (Å²) in [5, 5.41) is 6.34. The maximum atomic E-state index is 11.6. The Labute approximate surface area is 134 Å². The third kappa shape index (κ3) is 6.06. The molecule has 2 rings (SSSR count). The van der Waals surface area contributed by atoms with Gasteiger partial charge in [-0.15, -0.1) is 0 Å². The number of benzene rings is 1. The lowest BCUT2D eigenvalue weighted by Crippen LogP contribution is -2.35. The zero-order valence-electron chi connectivity index (χ0n) is 12.8. The molecule has 0 atom stereocenters. The summed E-state index contributed by atoms with van der Waals surface area (Å²) >= 11 is 3.50. The topological polar surface area (TPSA) is 50.4 Å². The van der Waals surface area contributed by atoms with Crippen molar-refractivity contribution in [1.82, 2.24) is 10.6 Å². The normalized spacial score (nSPS) is 14.9. The minimum Gasteiger partial charge on any atom is -0.483 e. The van der Waals surface area contributed by atoms with Gasteiger partial charge in [0.15, 0.2) is 6.61 Å². The van der Waals surface area contributed by atoms with E-state index in [1.807, 2.05) is 18.2 Å². The lowest BCUT2D eigenvalue weighted by atomic mass is 10.1. The smallest absolute Gasteiger partial charge is 0.258 e. The van der Waals surface area contributed by atoms with Crippen molar-refractivity contribution in [1.29, 1.82) is 0 Å². The average molecular weight is 355 g/mol. The van der Waals surface area contributed by atoms with Crippen molar-refractivity contribution in [3.8, 4) is 5.75 Å². The minimum absolute atomic E-state index is 0.0529. The van der Waals surface area contributed by atoms with Gasteiger partial charge in [0.2, 0.25) is 0 Å². The van der Waals surface area contributed by atoms with E-state index in [-0.39, 0.29) is 18.1 Å². The zero-order chi connectivity index (χ0) is 15.5. The summed E-state index contributed by atoms with van der Waals surface area (Å²) in [6, 6.07) is 6.30. The first-order valence-corrected chi connectivity index (χ1v) is 8.08. The van der Waals surface area contributed by atoms with Gasteiger partial charge in [-0.1, -0.05) is 6.07 Å². The fourth-order valence-electron chi connectivity index (χ4n) is 1.78. The van der Waals surface area contributed by atoms with Gasteiger partial charge in [-0.25, -0.2) is 0 Å². The van der Waals surface area contributed by atoms with Crippen LogP contribution in [-0.4, -0.2) is 24.1 Å². The molecule has 0 aliphatic heterocycles. The first-order chi connectivity index (χ1) is 9.83. The Morgan fingerprint density at radius 1 is 1.38 bits per heavy atom. The van der Waals surface area contributed by atoms with Crippen molar-refractivity contribution in [2.75, 3.05) is 6.61 Å². The van der Waals surface area contributed by atoms with Gasteiger partial charge in [0, 0.05) is 18.1 Å². The molecule has 0 aromatic heterocycles. The molecule has 1 aliphatic rings. The number of carbonyl (C=O) groups is 1. The van der Waals surface area contributed by atoms with Gasteiger partial charge in [-0.3, -0.25) is 4.79 Å². The van der Waals surface area contributed by atoms with E-state index in [4.69, 9.17) is 4.74 Å². The molecular weight excluding hydrogens is 332 g/mol. The van der Waals surface area contributed by atoms with E-state index in [0.29, 0.717) is 11.8 Å². The number of halogens is 1. The molecule has 2 N–H and O–H groups in total. The van der Waals surface area contributed by atoms with Crippen molar-refractivity contribution in [2.24, 2.45) is 0 Å². The molecule has 0 spiro atoms. The maximum absolute atomic E-state index is 11.6. The van der Waals surface area contributed by atoms with Gasteiger partial charge in [0.1, 0.15) is 5.75 Å². The van der Waals surface area contributed by atoms with Crippen molar-refractivity contribution >= 4 is 21.8 Å². The van der Waals surface area contributed by atoms with Gasteiger partial charge < -0.3 is 15.4 Å². The largest absolute Gasteiger partial charge is 0.483 e. The number of nitrogens with one attached hydrogen (secondary N) is 2. The number of ether oxygens (including phenoxy) is 1. The van der Waals surface area contributed by atoms with E-state index < -0.39 is 0 Å². The SMILES string of the molecule is CC(C)(C)NCc1ccc(OCC(=O)NC2CC2)c(Br)c1. The molecule has 1 saturated carbocycles. The van der Waals surface area contributed by atoms with E-state index in [9.17, 15) is 4.79 Å². The Morgan fingerprint density at radius 3 is 2.67 bits per heavy atom. The highest BCUT2D eigenvalue weighted by Gasteiger charge is 2.23. The molecule has 1 amide bonds. The summed E-state index contributed by atoms with van der Waals surface area (Å²) in [6.45, 7) is 7.27. The molecule has 1 aliphatic carbocycles. The third-order valence-corrected chi connectivity index (χ3v) is 3.74. The van der Waals surface area contributed by atoms with Gasteiger partial charge in [-0.2, -0.15) is 0 Å².